The molecular formula is C16H33N3. The summed E-state index contributed by atoms with van der Waals surface area (Å²) in [5.74, 6) is 0.886. The molecule has 0 radical (unpaired) electrons. The van der Waals surface area contributed by atoms with Crippen molar-refractivity contribution in [3.63, 3.8) is 0 Å². The molecule has 2 fully saturated rings. The average molecular weight is 267 g/mol. The van der Waals surface area contributed by atoms with E-state index in [4.69, 9.17) is 0 Å². The fourth-order valence-corrected chi connectivity index (χ4v) is 3.92. The lowest BCUT2D eigenvalue weighted by atomic mass is 9.88. The van der Waals surface area contributed by atoms with Crippen molar-refractivity contribution in [2.75, 3.05) is 32.7 Å². The van der Waals surface area contributed by atoms with Crippen LogP contribution in [0.15, 0.2) is 0 Å². The largest absolute Gasteiger partial charge is 0.314 e. The van der Waals surface area contributed by atoms with E-state index in [0.29, 0.717) is 0 Å². The summed E-state index contributed by atoms with van der Waals surface area (Å²) in [6, 6.07) is 1.56. The Morgan fingerprint density at radius 3 is 2.58 bits per heavy atom. The lowest BCUT2D eigenvalue weighted by Gasteiger charge is -2.33. The molecule has 1 aliphatic heterocycles. The Hall–Kier alpha value is -0.120. The predicted molar refractivity (Wildman–Crippen MR) is 82.6 cm³/mol. The van der Waals surface area contributed by atoms with E-state index in [1.165, 1.54) is 64.7 Å². The first kappa shape index (κ1) is 15.3. The Labute approximate surface area is 119 Å². The Morgan fingerprint density at radius 1 is 1.05 bits per heavy atom. The maximum Gasteiger partial charge on any atom is 0.0111 e. The van der Waals surface area contributed by atoms with E-state index in [9.17, 15) is 0 Å². The first-order chi connectivity index (χ1) is 9.35. The van der Waals surface area contributed by atoms with Crippen molar-refractivity contribution in [1.29, 1.82) is 0 Å². The van der Waals surface area contributed by atoms with Crippen LogP contribution in [-0.2, 0) is 0 Å². The van der Waals surface area contributed by atoms with Gasteiger partial charge < -0.3 is 15.5 Å². The molecule has 1 saturated heterocycles. The Morgan fingerprint density at radius 2 is 1.89 bits per heavy atom. The summed E-state index contributed by atoms with van der Waals surface area (Å²) >= 11 is 0. The number of hydrogen-bond donors (Lipinski definition) is 2. The van der Waals surface area contributed by atoms with Crippen LogP contribution in [0, 0.1) is 5.92 Å². The fourth-order valence-electron chi connectivity index (χ4n) is 3.92. The van der Waals surface area contributed by atoms with Crippen LogP contribution in [0.3, 0.4) is 0 Å². The van der Waals surface area contributed by atoms with E-state index in [2.05, 4.69) is 29.4 Å². The van der Waals surface area contributed by atoms with Crippen LogP contribution in [0.5, 0.6) is 0 Å². The molecule has 0 spiro atoms. The van der Waals surface area contributed by atoms with Gasteiger partial charge in [-0.05, 0) is 51.2 Å². The highest BCUT2D eigenvalue weighted by Crippen LogP contribution is 2.31. The summed E-state index contributed by atoms with van der Waals surface area (Å²) in [5, 5.41) is 7.61. The van der Waals surface area contributed by atoms with Crippen LogP contribution in [0.1, 0.15) is 52.4 Å². The zero-order valence-corrected chi connectivity index (χ0v) is 13.0. The summed E-state index contributed by atoms with van der Waals surface area (Å²) in [6.07, 6.45) is 8.45. The molecule has 1 heterocycles. The molecular weight excluding hydrogens is 234 g/mol. The van der Waals surface area contributed by atoms with E-state index in [1.54, 1.807) is 0 Å². The topological polar surface area (TPSA) is 27.3 Å². The minimum atomic E-state index is 0.770. The van der Waals surface area contributed by atoms with E-state index < -0.39 is 0 Å². The third-order valence-electron chi connectivity index (χ3n) is 5.16. The zero-order valence-electron chi connectivity index (χ0n) is 13.0. The highest BCUT2D eigenvalue weighted by Gasteiger charge is 2.33. The van der Waals surface area contributed by atoms with Gasteiger partial charge in [-0.2, -0.15) is 0 Å². The summed E-state index contributed by atoms with van der Waals surface area (Å²) in [5.41, 5.74) is 0. The van der Waals surface area contributed by atoms with Crippen molar-refractivity contribution in [1.82, 2.24) is 15.5 Å². The lowest BCUT2D eigenvalue weighted by Crippen LogP contribution is -2.48. The predicted octanol–water partition coefficient (Wildman–Crippen LogP) is 2.23. The van der Waals surface area contributed by atoms with Crippen molar-refractivity contribution in [2.24, 2.45) is 5.92 Å². The second-order valence-corrected chi connectivity index (χ2v) is 6.24. The number of hydrogen-bond acceptors (Lipinski definition) is 3. The highest BCUT2D eigenvalue weighted by atomic mass is 15.1. The van der Waals surface area contributed by atoms with Crippen molar-refractivity contribution in [3.8, 4) is 0 Å². The molecule has 1 saturated carbocycles. The average Bonchev–Trinajstić information content (AvgIpc) is 2.93. The monoisotopic (exact) mass is 267 g/mol. The molecule has 0 bridgehead atoms. The summed E-state index contributed by atoms with van der Waals surface area (Å²) in [4.78, 5) is 2.51. The first-order valence-corrected chi connectivity index (χ1v) is 8.54. The summed E-state index contributed by atoms with van der Waals surface area (Å²) in [6.45, 7) is 10.5. The molecule has 2 N–H and O–H groups in total. The molecule has 3 atom stereocenters. The molecule has 0 aromatic rings. The van der Waals surface area contributed by atoms with Crippen LogP contribution in [0.4, 0.5) is 0 Å². The molecule has 0 aromatic carbocycles. The van der Waals surface area contributed by atoms with Crippen molar-refractivity contribution in [2.45, 2.75) is 64.5 Å². The Kier molecular flexibility index (Phi) is 6.62. The van der Waals surface area contributed by atoms with Gasteiger partial charge in [0.1, 0.15) is 0 Å². The molecule has 19 heavy (non-hydrogen) atoms. The zero-order chi connectivity index (χ0) is 13.5. The lowest BCUT2D eigenvalue weighted by molar-refractivity contribution is 0.244. The number of piperidine rings is 1. The van der Waals surface area contributed by atoms with E-state index in [0.717, 1.165) is 24.5 Å². The second-order valence-electron chi connectivity index (χ2n) is 6.24. The van der Waals surface area contributed by atoms with Crippen LogP contribution in [-0.4, -0.2) is 49.7 Å². The SMILES string of the molecule is CCN(CC)CCNC1CCCC1C1CCCCN1. The van der Waals surface area contributed by atoms with Gasteiger partial charge in [0, 0.05) is 25.2 Å². The summed E-state index contributed by atoms with van der Waals surface area (Å²) in [7, 11) is 0. The van der Waals surface area contributed by atoms with E-state index >= 15 is 0 Å². The first-order valence-electron chi connectivity index (χ1n) is 8.54. The fraction of sp³-hybridized carbons (Fsp3) is 1.00. The highest BCUT2D eigenvalue weighted by molar-refractivity contribution is 4.92. The number of nitrogens with one attached hydrogen (secondary N) is 2. The Bertz CT molecular complexity index is 234. The third kappa shape index (κ3) is 4.44. The van der Waals surface area contributed by atoms with Gasteiger partial charge in [-0.15, -0.1) is 0 Å². The number of likely N-dealkylation sites (N-methyl/N-ethyl adjacent to an activating group) is 1. The van der Waals surface area contributed by atoms with Gasteiger partial charge in [0.2, 0.25) is 0 Å². The van der Waals surface area contributed by atoms with Crippen molar-refractivity contribution in [3.05, 3.63) is 0 Å². The van der Waals surface area contributed by atoms with Gasteiger partial charge in [0.25, 0.3) is 0 Å². The quantitative estimate of drug-likeness (QED) is 0.741. The molecule has 2 aliphatic rings. The van der Waals surface area contributed by atoms with Crippen LogP contribution >= 0.6 is 0 Å². The van der Waals surface area contributed by atoms with Gasteiger partial charge in [-0.1, -0.05) is 26.7 Å². The Balaban J connectivity index is 1.72. The molecule has 3 nitrogen and oxygen atoms in total. The van der Waals surface area contributed by atoms with Crippen LogP contribution in [0.25, 0.3) is 0 Å². The maximum atomic E-state index is 3.85. The maximum absolute atomic E-state index is 3.85. The van der Waals surface area contributed by atoms with E-state index in [-0.39, 0.29) is 0 Å². The van der Waals surface area contributed by atoms with Crippen molar-refractivity contribution < 1.29 is 0 Å². The number of nitrogens with zero attached hydrogens (tertiary/aromatic N) is 1. The van der Waals surface area contributed by atoms with Gasteiger partial charge >= 0.3 is 0 Å². The second kappa shape index (κ2) is 8.23. The molecule has 112 valence electrons. The van der Waals surface area contributed by atoms with Crippen LogP contribution in [0.2, 0.25) is 0 Å². The summed E-state index contributed by atoms with van der Waals surface area (Å²) < 4.78 is 0. The van der Waals surface area contributed by atoms with Crippen LogP contribution < -0.4 is 10.6 Å². The van der Waals surface area contributed by atoms with Gasteiger partial charge in [-0.25, -0.2) is 0 Å². The molecule has 0 aromatic heterocycles. The smallest absolute Gasteiger partial charge is 0.0111 e. The molecule has 2 rings (SSSR count). The molecule has 0 amide bonds. The molecule has 3 unspecified atom stereocenters. The minimum absolute atomic E-state index is 0.770. The normalized spacial score (nSPS) is 32.1. The minimum Gasteiger partial charge on any atom is -0.314 e. The van der Waals surface area contributed by atoms with E-state index in [1.807, 2.05) is 0 Å². The third-order valence-corrected chi connectivity index (χ3v) is 5.16. The van der Waals surface area contributed by atoms with Crippen molar-refractivity contribution >= 4 is 0 Å². The molecule has 1 aliphatic carbocycles. The standard InChI is InChI=1S/C16H33N3/c1-3-19(4-2)13-12-18-16-10-7-8-14(16)15-9-5-6-11-17-15/h14-18H,3-13H2,1-2H3. The number of rotatable bonds is 7. The molecule has 3 heteroatoms. The van der Waals surface area contributed by atoms with Gasteiger partial charge in [-0.3, -0.25) is 0 Å². The van der Waals surface area contributed by atoms with Gasteiger partial charge in [0.05, 0.1) is 0 Å². The van der Waals surface area contributed by atoms with Gasteiger partial charge in [0.15, 0.2) is 0 Å².